The Morgan fingerprint density at radius 1 is 1.08 bits per heavy atom. The molecule has 0 radical (unpaired) electrons. The lowest BCUT2D eigenvalue weighted by atomic mass is 10.1. The van der Waals surface area contributed by atoms with Crippen molar-refractivity contribution in [3.05, 3.63) is 46.7 Å². The normalized spacial score (nSPS) is 10.2. The highest BCUT2D eigenvalue weighted by molar-refractivity contribution is 7.08. The molecule has 0 amide bonds. The van der Waals surface area contributed by atoms with E-state index < -0.39 is 0 Å². The number of benzene rings is 1. The molecule has 0 saturated heterocycles. The average molecular weight is 190 g/mol. The van der Waals surface area contributed by atoms with E-state index in [0.717, 1.165) is 11.1 Å². The molecule has 1 heterocycles. The maximum absolute atomic E-state index is 9.08. The zero-order valence-corrected chi connectivity index (χ0v) is 7.92. The molecule has 1 aromatic heterocycles. The average Bonchev–Trinajstić information content (AvgIpc) is 2.67. The van der Waals surface area contributed by atoms with Gasteiger partial charge in [0.05, 0.1) is 6.61 Å². The molecule has 0 atom stereocenters. The highest BCUT2D eigenvalue weighted by atomic mass is 32.1. The molecule has 0 aliphatic carbocycles. The third-order valence-electron chi connectivity index (χ3n) is 2.00. The molecular formula is C11H10OS. The second-order valence-electron chi connectivity index (χ2n) is 2.83. The van der Waals surface area contributed by atoms with Crippen LogP contribution in [-0.2, 0) is 6.61 Å². The number of hydrogen-bond acceptors (Lipinski definition) is 2. The van der Waals surface area contributed by atoms with Crippen molar-refractivity contribution in [1.29, 1.82) is 0 Å². The molecule has 2 heteroatoms. The van der Waals surface area contributed by atoms with Crippen molar-refractivity contribution in [2.75, 3.05) is 0 Å². The molecule has 0 aliphatic rings. The summed E-state index contributed by atoms with van der Waals surface area (Å²) in [5.74, 6) is 0. The fourth-order valence-corrected chi connectivity index (χ4v) is 2.17. The number of aliphatic hydroxyl groups is 1. The van der Waals surface area contributed by atoms with Gasteiger partial charge in [0.2, 0.25) is 0 Å². The summed E-state index contributed by atoms with van der Waals surface area (Å²) < 4.78 is 0. The van der Waals surface area contributed by atoms with Gasteiger partial charge in [0, 0.05) is 0 Å². The Morgan fingerprint density at radius 2 is 1.85 bits per heavy atom. The van der Waals surface area contributed by atoms with Crippen LogP contribution in [-0.4, -0.2) is 5.11 Å². The zero-order valence-electron chi connectivity index (χ0n) is 7.10. The molecule has 0 bridgehead atoms. The summed E-state index contributed by atoms with van der Waals surface area (Å²) >= 11 is 1.63. The summed E-state index contributed by atoms with van der Waals surface area (Å²) in [6.07, 6.45) is 0. The van der Waals surface area contributed by atoms with Crippen molar-refractivity contribution in [2.24, 2.45) is 0 Å². The van der Waals surface area contributed by atoms with Crippen LogP contribution in [0.5, 0.6) is 0 Å². The molecule has 1 aromatic carbocycles. The van der Waals surface area contributed by atoms with Crippen LogP contribution < -0.4 is 0 Å². The molecular weight excluding hydrogens is 180 g/mol. The molecule has 0 aliphatic heterocycles. The fourth-order valence-electron chi connectivity index (χ4n) is 1.32. The van der Waals surface area contributed by atoms with Crippen molar-refractivity contribution < 1.29 is 5.11 Å². The Labute approximate surface area is 81.3 Å². The lowest BCUT2D eigenvalue weighted by Gasteiger charge is -2.00. The summed E-state index contributed by atoms with van der Waals surface area (Å²) in [6, 6.07) is 10.1. The number of aliphatic hydroxyl groups excluding tert-OH is 1. The SMILES string of the molecule is OCc1cscc1-c1ccccc1. The van der Waals surface area contributed by atoms with Crippen molar-refractivity contribution >= 4 is 11.3 Å². The summed E-state index contributed by atoms with van der Waals surface area (Å²) in [4.78, 5) is 0. The Kier molecular flexibility index (Phi) is 2.43. The van der Waals surface area contributed by atoms with Gasteiger partial charge in [-0.3, -0.25) is 0 Å². The Bertz CT molecular complexity index is 378. The van der Waals surface area contributed by atoms with Crippen molar-refractivity contribution in [2.45, 2.75) is 6.61 Å². The van der Waals surface area contributed by atoms with E-state index in [-0.39, 0.29) is 6.61 Å². The van der Waals surface area contributed by atoms with Crippen molar-refractivity contribution in [1.82, 2.24) is 0 Å². The van der Waals surface area contributed by atoms with E-state index in [2.05, 4.69) is 17.5 Å². The highest BCUT2D eigenvalue weighted by Gasteiger charge is 2.03. The van der Waals surface area contributed by atoms with Crippen LogP contribution in [0.1, 0.15) is 5.56 Å². The molecule has 0 fully saturated rings. The zero-order chi connectivity index (χ0) is 9.10. The molecule has 0 saturated carbocycles. The smallest absolute Gasteiger partial charge is 0.0696 e. The lowest BCUT2D eigenvalue weighted by molar-refractivity contribution is 0.283. The third-order valence-corrected chi connectivity index (χ3v) is 2.79. The predicted molar refractivity (Wildman–Crippen MR) is 55.7 cm³/mol. The quantitative estimate of drug-likeness (QED) is 0.772. The van der Waals surface area contributed by atoms with Gasteiger partial charge in [-0.1, -0.05) is 30.3 Å². The van der Waals surface area contributed by atoms with Gasteiger partial charge in [-0.25, -0.2) is 0 Å². The predicted octanol–water partition coefficient (Wildman–Crippen LogP) is 2.91. The van der Waals surface area contributed by atoms with Crippen LogP contribution in [0.4, 0.5) is 0 Å². The summed E-state index contributed by atoms with van der Waals surface area (Å²) in [6.45, 7) is 0.119. The first-order valence-corrected chi connectivity index (χ1v) is 5.07. The van der Waals surface area contributed by atoms with E-state index in [0.29, 0.717) is 0 Å². The van der Waals surface area contributed by atoms with E-state index in [4.69, 9.17) is 5.11 Å². The molecule has 1 N–H and O–H groups in total. The third kappa shape index (κ3) is 1.64. The lowest BCUT2D eigenvalue weighted by Crippen LogP contribution is -1.82. The highest BCUT2D eigenvalue weighted by Crippen LogP contribution is 2.26. The van der Waals surface area contributed by atoms with Crippen molar-refractivity contribution in [3.63, 3.8) is 0 Å². The maximum atomic E-state index is 9.08. The van der Waals surface area contributed by atoms with Crippen LogP contribution in [0.15, 0.2) is 41.1 Å². The first-order chi connectivity index (χ1) is 6.42. The number of hydrogen-bond donors (Lipinski definition) is 1. The summed E-state index contributed by atoms with van der Waals surface area (Å²) in [7, 11) is 0. The molecule has 0 spiro atoms. The van der Waals surface area contributed by atoms with Crippen LogP contribution in [0.25, 0.3) is 11.1 Å². The fraction of sp³-hybridized carbons (Fsp3) is 0.0909. The van der Waals surface area contributed by atoms with E-state index in [1.807, 2.05) is 23.6 Å². The Hall–Kier alpha value is -1.12. The van der Waals surface area contributed by atoms with Gasteiger partial charge >= 0.3 is 0 Å². The minimum absolute atomic E-state index is 0.119. The summed E-state index contributed by atoms with van der Waals surface area (Å²) in [5, 5.41) is 13.1. The first-order valence-electron chi connectivity index (χ1n) is 4.13. The molecule has 2 aromatic rings. The van der Waals surface area contributed by atoms with Gasteiger partial charge in [-0.2, -0.15) is 11.3 Å². The second kappa shape index (κ2) is 3.73. The van der Waals surface area contributed by atoms with Gasteiger partial charge < -0.3 is 5.11 Å². The Morgan fingerprint density at radius 3 is 2.54 bits per heavy atom. The van der Waals surface area contributed by atoms with Gasteiger partial charge in [-0.05, 0) is 27.5 Å². The van der Waals surface area contributed by atoms with Crippen LogP contribution in [0.2, 0.25) is 0 Å². The van der Waals surface area contributed by atoms with E-state index in [1.54, 1.807) is 11.3 Å². The van der Waals surface area contributed by atoms with E-state index in [1.165, 1.54) is 5.56 Å². The second-order valence-corrected chi connectivity index (χ2v) is 3.58. The molecule has 1 nitrogen and oxygen atoms in total. The van der Waals surface area contributed by atoms with Crippen LogP contribution in [0, 0.1) is 0 Å². The monoisotopic (exact) mass is 190 g/mol. The largest absolute Gasteiger partial charge is 0.392 e. The number of thiophene rings is 1. The van der Waals surface area contributed by atoms with Crippen LogP contribution in [0.3, 0.4) is 0 Å². The van der Waals surface area contributed by atoms with Gasteiger partial charge in [0.1, 0.15) is 0 Å². The van der Waals surface area contributed by atoms with Crippen molar-refractivity contribution in [3.8, 4) is 11.1 Å². The minimum atomic E-state index is 0.119. The standard InChI is InChI=1S/C11H10OS/c12-6-10-7-13-8-11(10)9-4-2-1-3-5-9/h1-5,7-8,12H,6H2. The summed E-state index contributed by atoms with van der Waals surface area (Å²) in [5.41, 5.74) is 3.33. The Balaban J connectivity index is 2.47. The molecule has 0 unspecified atom stereocenters. The van der Waals surface area contributed by atoms with Gasteiger partial charge in [0.25, 0.3) is 0 Å². The molecule has 66 valence electrons. The topological polar surface area (TPSA) is 20.2 Å². The molecule has 2 rings (SSSR count). The van der Waals surface area contributed by atoms with E-state index in [9.17, 15) is 0 Å². The van der Waals surface area contributed by atoms with E-state index >= 15 is 0 Å². The van der Waals surface area contributed by atoms with Gasteiger partial charge in [-0.15, -0.1) is 0 Å². The van der Waals surface area contributed by atoms with Crippen LogP contribution >= 0.6 is 11.3 Å². The minimum Gasteiger partial charge on any atom is -0.392 e. The molecule has 13 heavy (non-hydrogen) atoms. The first kappa shape index (κ1) is 8.48. The number of rotatable bonds is 2. The van der Waals surface area contributed by atoms with Gasteiger partial charge in [0.15, 0.2) is 0 Å². The maximum Gasteiger partial charge on any atom is 0.0696 e.